The fraction of sp³-hybridized carbons (Fsp3) is 0.667. The molecule has 0 bridgehead atoms. The van der Waals surface area contributed by atoms with Gasteiger partial charge in [0.25, 0.3) is 0 Å². The van der Waals surface area contributed by atoms with E-state index >= 15 is 0 Å². The Morgan fingerprint density at radius 2 is 2.40 bits per heavy atom. The quantitative estimate of drug-likeness (QED) is 0.704. The maximum atomic E-state index is 5.82. The van der Waals surface area contributed by atoms with Gasteiger partial charge in [-0.15, -0.1) is 12.6 Å². The molecule has 0 aliphatic carbocycles. The van der Waals surface area contributed by atoms with Gasteiger partial charge in [-0.25, -0.2) is 0 Å². The number of hydrogen-bond acceptors (Lipinski definition) is 3. The van der Waals surface area contributed by atoms with Gasteiger partial charge in [0, 0.05) is 10.9 Å². The number of thiol groups is 1. The highest BCUT2D eigenvalue weighted by Crippen LogP contribution is 2.29. The lowest BCUT2D eigenvalue weighted by Gasteiger charge is -2.29. The van der Waals surface area contributed by atoms with Gasteiger partial charge in [-0.1, -0.05) is 12.2 Å². The fourth-order valence-corrected chi connectivity index (χ4v) is 2.77. The summed E-state index contributed by atoms with van der Waals surface area (Å²) in [7, 11) is 0. The van der Waals surface area contributed by atoms with Crippen LogP contribution in [-0.4, -0.2) is 25.3 Å². The minimum absolute atomic E-state index is 0.177. The summed E-state index contributed by atoms with van der Waals surface area (Å²) in [4.78, 5) is 1.12. The molecule has 1 saturated heterocycles. The molecule has 2 aliphatic heterocycles. The Morgan fingerprint density at radius 3 is 3.07 bits per heavy atom. The second-order valence-corrected chi connectivity index (χ2v) is 4.64. The van der Waals surface area contributed by atoms with Gasteiger partial charge in [0.05, 0.1) is 6.61 Å². The van der Waals surface area contributed by atoms with Crippen LogP contribution in [0.15, 0.2) is 22.6 Å². The number of nitrogens with one attached hydrogen (secondary N) is 1. The fourth-order valence-electron chi connectivity index (χ4n) is 2.33. The smallest absolute Gasteiger partial charge is 0.104 e. The monoisotopic (exact) mass is 225 g/mol. The molecule has 0 radical (unpaired) electrons. The maximum Gasteiger partial charge on any atom is 0.104 e. The first kappa shape index (κ1) is 11.2. The molecule has 2 aliphatic rings. The van der Waals surface area contributed by atoms with Gasteiger partial charge in [-0.3, -0.25) is 0 Å². The van der Waals surface area contributed by atoms with Crippen LogP contribution < -0.4 is 5.32 Å². The molecule has 0 aromatic rings. The average Bonchev–Trinajstić information content (AvgIpc) is 2.74. The van der Waals surface area contributed by atoms with E-state index in [4.69, 9.17) is 4.74 Å². The highest BCUT2D eigenvalue weighted by Gasteiger charge is 2.30. The van der Waals surface area contributed by atoms with E-state index < -0.39 is 0 Å². The van der Waals surface area contributed by atoms with Crippen LogP contribution in [0.25, 0.3) is 0 Å². The van der Waals surface area contributed by atoms with E-state index in [1.165, 1.54) is 18.4 Å². The summed E-state index contributed by atoms with van der Waals surface area (Å²) in [6.45, 7) is 3.99. The van der Waals surface area contributed by atoms with Crippen molar-refractivity contribution in [1.29, 1.82) is 0 Å². The number of ether oxygens (including phenoxy) is 1. The molecule has 0 aromatic carbocycles. The lowest BCUT2D eigenvalue weighted by molar-refractivity contribution is 0.0531. The third-order valence-corrected chi connectivity index (χ3v) is 3.64. The first-order valence-corrected chi connectivity index (χ1v) is 6.17. The molecule has 2 rings (SSSR count). The van der Waals surface area contributed by atoms with Gasteiger partial charge in [-0.05, 0) is 38.3 Å². The molecule has 1 N–H and O–H groups in total. The number of allylic oxidation sites excluding steroid dienone is 2. The van der Waals surface area contributed by atoms with Crippen molar-refractivity contribution in [2.75, 3.05) is 13.2 Å². The van der Waals surface area contributed by atoms with E-state index in [9.17, 15) is 0 Å². The van der Waals surface area contributed by atoms with Crippen molar-refractivity contribution in [3.63, 3.8) is 0 Å². The van der Waals surface area contributed by atoms with Gasteiger partial charge in [0.15, 0.2) is 0 Å². The lowest BCUT2D eigenvalue weighted by Crippen LogP contribution is -2.39. The molecule has 15 heavy (non-hydrogen) atoms. The van der Waals surface area contributed by atoms with Crippen LogP contribution in [0.5, 0.6) is 0 Å². The van der Waals surface area contributed by atoms with Gasteiger partial charge in [0.2, 0.25) is 0 Å². The topological polar surface area (TPSA) is 21.3 Å². The zero-order valence-corrected chi connectivity index (χ0v) is 10.1. The van der Waals surface area contributed by atoms with Crippen LogP contribution in [-0.2, 0) is 4.74 Å². The standard InChI is InChI=1S/C12H19NOS/c1-2-4-9-6-8-14-11(12(9)15)10-5-3-7-13-10/h2,4,10-11,13,15H,3,5-8H2,1H3/b4-2-/t10-,11-/m0/s1. The molecule has 0 spiro atoms. The SMILES string of the molecule is C/C=C\C1=C(S)[C@H]([C@@H]2CCCN2)OCC1. The predicted molar refractivity (Wildman–Crippen MR) is 66.2 cm³/mol. The van der Waals surface area contributed by atoms with Crippen LogP contribution in [0.1, 0.15) is 26.2 Å². The Labute approximate surface area is 97.2 Å². The Kier molecular flexibility index (Phi) is 3.89. The molecule has 0 unspecified atom stereocenters. The van der Waals surface area contributed by atoms with Crippen LogP contribution >= 0.6 is 12.6 Å². The molecule has 2 nitrogen and oxygen atoms in total. The second-order valence-electron chi connectivity index (χ2n) is 4.15. The minimum Gasteiger partial charge on any atom is -0.371 e. The van der Waals surface area contributed by atoms with Crippen molar-refractivity contribution in [2.24, 2.45) is 0 Å². The average molecular weight is 225 g/mol. The predicted octanol–water partition coefficient (Wildman–Crippen LogP) is 2.29. The molecule has 84 valence electrons. The van der Waals surface area contributed by atoms with Crippen molar-refractivity contribution in [3.8, 4) is 0 Å². The van der Waals surface area contributed by atoms with E-state index in [2.05, 4.69) is 30.1 Å². The zero-order chi connectivity index (χ0) is 10.7. The molecule has 0 aromatic heterocycles. The van der Waals surface area contributed by atoms with Gasteiger partial charge >= 0.3 is 0 Å². The second kappa shape index (κ2) is 5.19. The molecular weight excluding hydrogens is 206 g/mol. The highest BCUT2D eigenvalue weighted by molar-refractivity contribution is 7.84. The highest BCUT2D eigenvalue weighted by atomic mass is 32.1. The summed E-state index contributed by atoms with van der Waals surface area (Å²) in [6.07, 6.45) is 7.87. The van der Waals surface area contributed by atoms with Gasteiger partial charge in [-0.2, -0.15) is 0 Å². The Bertz CT molecular complexity index is 279. The molecule has 2 heterocycles. The largest absolute Gasteiger partial charge is 0.371 e. The van der Waals surface area contributed by atoms with Crippen molar-refractivity contribution in [2.45, 2.75) is 38.3 Å². The Hall–Kier alpha value is -0.250. The normalized spacial score (nSPS) is 32.9. The van der Waals surface area contributed by atoms with Crippen LogP contribution in [0.4, 0.5) is 0 Å². The summed E-state index contributed by atoms with van der Waals surface area (Å²) in [6, 6.07) is 0.470. The summed E-state index contributed by atoms with van der Waals surface area (Å²) in [5.41, 5.74) is 1.34. The summed E-state index contributed by atoms with van der Waals surface area (Å²) in [5, 5.41) is 3.49. The summed E-state index contributed by atoms with van der Waals surface area (Å²) < 4.78 is 5.82. The van der Waals surface area contributed by atoms with Crippen molar-refractivity contribution >= 4 is 12.6 Å². The molecule has 1 fully saturated rings. The molecule has 0 saturated carbocycles. The van der Waals surface area contributed by atoms with Crippen LogP contribution in [0.3, 0.4) is 0 Å². The number of rotatable bonds is 2. The molecule has 0 amide bonds. The van der Waals surface area contributed by atoms with Crippen LogP contribution in [0.2, 0.25) is 0 Å². The summed E-state index contributed by atoms with van der Waals surface area (Å²) >= 11 is 4.62. The van der Waals surface area contributed by atoms with Crippen LogP contribution in [0, 0.1) is 0 Å². The van der Waals surface area contributed by atoms with Crippen molar-refractivity contribution in [3.05, 3.63) is 22.6 Å². The van der Waals surface area contributed by atoms with Crippen molar-refractivity contribution < 1.29 is 4.74 Å². The Morgan fingerprint density at radius 1 is 1.53 bits per heavy atom. The lowest BCUT2D eigenvalue weighted by atomic mass is 10.0. The van der Waals surface area contributed by atoms with E-state index in [-0.39, 0.29) is 6.10 Å². The molecular formula is C12H19NOS. The Balaban J connectivity index is 2.14. The summed E-state index contributed by atoms with van der Waals surface area (Å²) in [5.74, 6) is 0. The number of hydrogen-bond donors (Lipinski definition) is 2. The first-order chi connectivity index (χ1) is 7.33. The van der Waals surface area contributed by atoms with E-state index in [1.54, 1.807) is 0 Å². The third kappa shape index (κ3) is 2.47. The third-order valence-electron chi connectivity index (χ3n) is 3.10. The molecule has 3 heteroatoms. The van der Waals surface area contributed by atoms with Crippen molar-refractivity contribution in [1.82, 2.24) is 5.32 Å². The van der Waals surface area contributed by atoms with E-state index in [1.807, 2.05) is 6.92 Å². The maximum absolute atomic E-state index is 5.82. The van der Waals surface area contributed by atoms with E-state index in [0.717, 1.165) is 24.5 Å². The van der Waals surface area contributed by atoms with Gasteiger partial charge < -0.3 is 10.1 Å². The zero-order valence-electron chi connectivity index (χ0n) is 9.20. The minimum atomic E-state index is 0.177. The first-order valence-electron chi connectivity index (χ1n) is 5.72. The van der Waals surface area contributed by atoms with E-state index in [0.29, 0.717) is 6.04 Å². The molecule has 2 atom stereocenters. The van der Waals surface area contributed by atoms with Gasteiger partial charge in [0.1, 0.15) is 6.10 Å².